The number of benzene rings is 1. The van der Waals surface area contributed by atoms with Crippen molar-refractivity contribution in [3.63, 3.8) is 0 Å². The van der Waals surface area contributed by atoms with E-state index in [1.165, 1.54) is 0 Å². The maximum Gasteiger partial charge on any atom is 0.320 e. The minimum Gasteiger partial charge on any atom is -0.502 e. The maximum absolute atomic E-state index is 10.4. The Morgan fingerprint density at radius 1 is 1.20 bits per heavy atom. The molecule has 80 valence electrons. The van der Waals surface area contributed by atoms with Crippen molar-refractivity contribution >= 4 is 23.2 Å². The number of rotatable bonds is 3. The van der Waals surface area contributed by atoms with Gasteiger partial charge in [0.05, 0.1) is 9.85 Å². The zero-order valence-electron chi connectivity index (χ0n) is 6.92. The molecule has 0 bridgehead atoms. The first-order chi connectivity index (χ1) is 6.97. The molecule has 0 atom stereocenters. The molecular weight excluding hydrogens is 232 g/mol. The van der Waals surface area contributed by atoms with Crippen molar-refractivity contribution in [2.24, 2.45) is 0 Å². The van der Waals surface area contributed by atoms with E-state index < -0.39 is 32.7 Å². The molecule has 0 amide bonds. The topological polar surface area (TPSA) is 116 Å². The van der Waals surface area contributed by atoms with E-state index in [2.05, 4.69) is 4.29 Å². The fourth-order valence-corrected chi connectivity index (χ4v) is 1.02. The van der Waals surface area contributed by atoms with Gasteiger partial charge in [0.2, 0.25) is 5.75 Å². The second-order valence-corrected chi connectivity index (χ2v) is 2.55. The lowest BCUT2D eigenvalue weighted by Gasteiger charge is -2.00. The Morgan fingerprint density at radius 2 is 1.73 bits per heavy atom. The van der Waals surface area contributed by atoms with E-state index in [4.69, 9.17) is 17.0 Å². The highest BCUT2D eigenvalue weighted by molar-refractivity contribution is 6.09. The molecule has 0 saturated heterocycles. The van der Waals surface area contributed by atoms with E-state index in [1.807, 2.05) is 0 Å². The van der Waals surface area contributed by atoms with Crippen LogP contribution >= 0.6 is 11.9 Å². The first-order valence-electron chi connectivity index (χ1n) is 3.41. The average Bonchev–Trinajstić information content (AvgIpc) is 2.16. The van der Waals surface area contributed by atoms with Crippen LogP contribution in [0.1, 0.15) is 0 Å². The van der Waals surface area contributed by atoms with E-state index in [0.29, 0.717) is 12.1 Å². The summed E-state index contributed by atoms with van der Waals surface area (Å²) in [6.45, 7) is 0. The summed E-state index contributed by atoms with van der Waals surface area (Å²) < 4.78 is 4.07. The van der Waals surface area contributed by atoms with E-state index in [-0.39, 0.29) is 0 Å². The van der Waals surface area contributed by atoms with Gasteiger partial charge in [-0.3, -0.25) is 20.2 Å². The molecule has 0 aliphatic carbocycles. The van der Waals surface area contributed by atoms with Crippen molar-refractivity contribution in [1.29, 1.82) is 0 Å². The van der Waals surface area contributed by atoms with E-state index in [1.54, 1.807) is 0 Å². The number of aromatic hydroxyl groups is 1. The molecule has 1 rings (SSSR count). The van der Waals surface area contributed by atoms with Crippen molar-refractivity contribution in [3.05, 3.63) is 32.4 Å². The normalized spacial score (nSPS) is 9.67. The Kier molecular flexibility index (Phi) is 2.90. The van der Waals surface area contributed by atoms with Crippen LogP contribution in [0, 0.1) is 20.2 Å². The third-order valence-corrected chi connectivity index (χ3v) is 1.70. The van der Waals surface area contributed by atoms with Gasteiger partial charge in [-0.2, -0.15) is 0 Å². The number of hydrogen-bond donors (Lipinski definition) is 1. The summed E-state index contributed by atoms with van der Waals surface area (Å²) >= 11 is 4.89. The van der Waals surface area contributed by atoms with Gasteiger partial charge in [0.1, 0.15) is 17.9 Å². The fraction of sp³-hybridized carbons (Fsp3) is 0. The highest BCUT2D eigenvalue weighted by atomic mass is 35.5. The second kappa shape index (κ2) is 3.96. The SMILES string of the molecule is O=[N+]([O-])c1cc([N+](=O)[O-])c(OCl)cc1O. The summed E-state index contributed by atoms with van der Waals surface area (Å²) in [6, 6.07) is 1.26. The Hall–Kier alpha value is -2.09. The third kappa shape index (κ3) is 2.05. The van der Waals surface area contributed by atoms with Crippen molar-refractivity contribution in [2.75, 3.05) is 0 Å². The Labute approximate surface area is 87.1 Å². The average molecular weight is 235 g/mol. The van der Waals surface area contributed by atoms with Crippen LogP contribution in [0.4, 0.5) is 11.4 Å². The Balaban J connectivity index is 3.43. The summed E-state index contributed by atoms with van der Waals surface area (Å²) in [7, 11) is 0. The Morgan fingerprint density at radius 3 is 2.13 bits per heavy atom. The molecule has 0 radical (unpaired) electrons. The number of phenols is 1. The number of halogens is 1. The quantitative estimate of drug-likeness (QED) is 0.629. The molecule has 0 fully saturated rings. The van der Waals surface area contributed by atoms with Crippen LogP contribution < -0.4 is 4.29 Å². The molecule has 9 heteroatoms. The van der Waals surface area contributed by atoms with E-state index in [9.17, 15) is 20.2 Å². The van der Waals surface area contributed by atoms with Crippen molar-refractivity contribution in [3.8, 4) is 11.5 Å². The van der Waals surface area contributed by atoms with Gasteiger partial charge < -0.3 is 9.40 Å². The van der Waals surface area contributed by atoms with Crippen LogP contribution in [0.15, 0.2) is 12.1 Å². The van der Waals surface area contributed by atoms with Crippen LogP contribution in [0.5, 0.6) is 11.5 Å². The lowest BCUT2D eigenvalue weighted by atomic mass is 10.2. The summed E-state index contributed by atoms with van der Waals surface area (Å²) in [4.78, 5) is 18.9. The van der Waals surface area contributed by atoms with Gasteiger partial charge >= 0.3 is 11.4 Å². The lowest BCUT2D eigenvalue weighted by Crippen LogP contribution is -1.95. The maximum atomic E-state index is 10.4. The van der Waals surface area contributed by atoms with Crippen molar-refractivity contribution in [2.45, 2.75) is 0 Å². The minimum atomic E-state index is -0.958. The predicted molar refractivity (Wildman–Crippen MR) is 47.9 cm³/mol. The molecule has 0 unspecified atom stereocenters. The smallest absolute Gasteiger partial charge is 0.320 e. The van der Waals surface area contributed by atoms with Crippen molar-refractivity contribution < 1.29 is 19.2 Å². The van der Waals surface area contributed by atoms with Gasteiger partial charge in [0, 0.05) is 6.07 Å². The summed E-state index contributed by atoms with van der Waals surface area (Å²) in [5.41, 5.74) is -1.49. The molecule has 15 heavy (non-hydrogen) atoms. The second-order valence-electron chi connectivity index (χ2n) is 2.40. The van der Waals surface area contributed by atoms with Gasteiger partial charge in [-0.1, -0.05) is 0 Å². The molecule has 1 N–H and O–H groups in total. The molecule has 0 spiro atoms. The van der Waals surface area contributed by atoms with Crippen LogP contribution in [0.3, 0.4) is 0 Å². The van der Waals surface area contributed by atoms with Gasteiger partial charge in [-0.25, -0.2) is 0 Å². The molecule has 0 aromatic heterocycles. The zero-order valence-corrected chi connectivity index (χ0v) is 7.67. The van der Waals surface area contributed by atoms with Gasteiger partial charge in [-0.15, -0.1) is 0 Å². The Bertz CT molecular complexity index is 434. The number of hydrogen-bond acceptors (Lipinski definition) is 6. The number of nitro groups is 2. The zero-order chi connectivity index (χ0) is 11.6. The first-order valence-corrected chi connectivity index (χ1v) is 3.72. The number of phenolic OH excluding ortho intramolecular Hbond substituents is 1. The lowest BCUT2D eigenvalue weighted by molar-refractivity contribution is -0.395. The monoisotopic (exact) mass is 234 g/mol. The molecule has 0 heterocycles. The molecular formula is C6H3ClN2O6. The largest absolute Gasteiger partial charge is 0.502 e. The number of nitrogens with zero attached hydrogens (tertiary/aromatic N) is 2. The minimum absolute atomic E-state index is 0.468. The molecule has 1 aromatic rings. The van der Waals surface area contributed by atoms with Crippen LogP contribution in [0.25, 0.3) is 0 Å². The fourth-order valence-electron chi connectivity index (χ4n) is 0.897. The van der Waals surface area contributed by atoms with Gasteiger partial charge in [-0.05, 0) is 0 Å². The third-order valence-electron chi connectivity index (χ3n) is 1.53. The van der Waals surface area contributed by atoms with Gasteiger partial charge in [0.15, 0.2) is 5.75 Å². The van der Waals surface area contributed by atoms with Crippen LogP contribution in [0.2, 0.25) is 0 Å². The van der Waals surface area contributed by atoms with Crippen LogP contribution in [-0.2, 0) is 0 Å². The summed E-state index contributed by atoms with van der Waals surface area (Å²) in [5, 5.41) is 29.9. The molecule has 0 saturated carbocycles. The molecule has 8 nitrogen and oxygen atoms in total. The summed E-state index contributed by atoms with van der Waals surface area (Å²) in [5.74, 6) is -1.23. The van der Waals surface area contributed by atoms with E-state index >= 15 is 0 Å². The number of nitro benzene ring substituents is 2. The van der Waals surface area contributed by atoms with Crippen LogP contribution in [-0.4, -0.2) is 15.0 Å². The van der Waals surface area contributed by atoms with Gasteiger partial charge in [0.25, 0.3) is 0 Å². The first kappa shape index (κ1) is 11.0. The molecule has 1 aromatic carbocycles. The summed E-state index contributed by atoms with van der Waals surface area (Å²) in [6.07, 6.45) is 0. The highest BCUT2D eigenvalue weighted by Crippen LogP contribution is 2.38. The van der Waals surface area contributed by atoms with Crippen molar-refractivity contribution in [1.82, 2.24) is 0 Å². The molecule has 0 aliphatic heterocycles. The van der Waals surface area contributed by atoms with E-state index in [0.717, 1.165) is 0 Å². The predicted octanol–water partition coefficient (Wildman–Crippen LogP) is 1.74. The standard InChI is InChI=1S/C6H3ClN2O6/c7-15-6-2-5(10)3(8(11)12)1-4(6)9(13)14/h1-2,10H. The molecule has 0 aliphatic rings. The highest BCUT2D eigenvalue weighted by Gasteiger charge is 2.25.